The Morgan fingerprint density at radius 1 is 1.40 bits per heavy atom. The Morgan fingerprint density at radius 2 is 2.10 bits per heavy atom. The number of carbonyl (C=O) groups excluding carboxylic acids is 1. The van der Waals surface area contributed by atoms with Crippen LogP contribution in [0.1, 0.15) is 5.56 Å². The summed E-state index contributed by atoms with van der Waals surface area (Å²) in [6.07, 6.45) is -4.00. The van der Waals surface area contributed by atoms with E-state index in [4.69, 9.17) is 9.47 Å². The molecule has 5 nitrogen and oxygen atoms in total. The minimum atomic E-state index is -1.42. The highest BCUT2D eigenvalue weighted by Gasteiger charge is 2.38. The van der Waals surface area contributed by atoms with E-state index in [9.17, 15) is 14.3 Å². The van der Waals surface area contributed by atoms with Crippen molar-refractivity contribution in [1.29, 1.82) is 0 Å². The Balaban J connectivity index is 1.87. The van der Waals surface area contributed by atoms with Gasteiger partial charge in [-0.25, -0.2) is 9.18 Å². The number of likely N-dealkylation sites (tertiary alicyclic amines) is 1. The van der Waals surface area contributed by atoms with E-state index in [0.29, 0.717) is 0 Å². The minimum absolute atomic E-state index is 0.00650. The number of aliphatic hydroxyl groups excluding tert-OH is 1. The average molecular weight is 283 g/mol. The highest BCUT2D eigenvalue weighted by Crippen LogP contribution is 2.18. The Hall–Kier alpha value is -1.66. The Kier molecular flexibility index (Phi) is 4.92. The van der Waals surface area contributed by atoms with Crippen LogP contribution in [0.2, 0.25) is 0 Å². The molecule has 20 heavy (non-hydrogen) atoms. The van der Waals surface area contributed by atoms with Gasteiger partial charge in [-0.1, -0.05) is 30.3 Å². The predicted octanol–water partition coefficient (Wildman–Crippen LogP) is 1.35. The number of alkyl halides is 1. The summed E-state index contributed by atoms with van der Waals surface area (Å²) < 4.78 is 23.7. The molecule has 110 valence electrons. The van der Waals surface area contributed by atoms with E-state index in [1.165, 1.54) is 7.11 Å². The molecule has 0 aliphatic carbocycles. The summed E-state index contributed by atoms with van der Waals surface area (Å²) in [4.78, 5) is 13.0. The molecule has 1 fully saturated rings. The lowest BCUT2D eigenvalue weighted by Crippen LogP contribution is -2.56. The molecule has 2 rings (SSSR count). The molecule has 0 bridgehead atoms. The van der Waals surface area contributed by atoms with Gasteiger partial charge in [0.05, 0.1) is 13.1 Å². The Bertz CT molecular complexity index is 430. The fraction of sp³-hybridized carbons (Fsp3) is 0.500. The van der Waals surface area contributed by atoms with Gasteiger partial charge in [-0.15, -0.1) is 0 Å². The van der Waals surface area contributed by atoms with Gasteiger partial charge in [0.1, 0.15) is 25.0 Å². The first kappa shape index (κ1) is 14.7. The van der Waals surface area contributed by atoms with Gasteiger partial charge >= 0.3 is 6.09 Å². The van der Waals surface area contributed by atoms with Crippen LogP contribution in [-0.4, -0.2) is 54.7 Å². The van der Waals surface area contributed by atoms with Gasteiger partial charge in [0.15, 0.2) is 0 Å². The van der Waals surface area contributed by atoms with Crippen molar-refractivity contribution in [2.45, 2.75) is 25.0 Å². The van der Waals surface area contributed by atoms with Crippen LogP contribution in [0.25, 0.3) is 0 Å². The van der Waals surface area contributed by atoms with Gasteiger partial charge in [0.2, 0.25) is 0 Å². The van der Waals surface area contributed by atoms with Crippen molar-refractivity contribution in [3.63, 3.8) is 0 Å². The highest BCUT2D eigenvalue weighted by molar-refractivity contribution is 5.68. The molecule has 1 N–H and O–H groups in total. The number of methoxy groups -OCH3 is 1. The summed E-state index contributed by atoms with van der Waals surface area (Å²) in [7, 11) is 1.34. The molecule has 1 aromatic rings. The number of hydrogen-bond acceptors (Lipinski definition) is 4. The van der Waals surface area contributed by atoms with Crippen LogP contribution in [0.5, 0.6) is 0 Å². The number of rotatable bonds is 3. The maximum Gasteiger partial charge on any atom is 0.410 e. The largest absolute Gasteiger partial charge is 0.445 e. The fourth-order valence-corrected chi connectivity index (χ4v) is 2.22. The summed E-state index contributed by atoms with van der Waals surface area (Å²) in [6.45, 7) is -0.00728. The lowest BCUT2D eigenvalue weighted by Gasteiger charge is -2.36. The molecule has 1 saturated heterocycles. The summed E-state index contributed by atoms with van der Waals surface area (Å²) >= 11 is 0. The number of aliphatic hydroxyl groups is 1. The summed E-state index contributed by atoms with van der Waals surface area (Å²) in [6, 6.07) is 9.21. The summed E-state index contributed by atoms with van der Waals surface area (Å²) in [5.74, 6) is 0. The maximum atomic E-state index is 13.7. The zero-order valence-electron chi connectivity index (χ0n) is 11.2. The zero-order chi connectivity index (χ0) is 14.5. The van der Waals surface area contributed by atoms with Crippen LogP contribution < -0.4 is 0 Å². The molecule has 3 atom stereocenters. The second-order valence-electron chi connectivity index (χ2n) is 4.73. The molecule has 0 spiro atoms. The molecule has 0 aromatic heterocycles. The first-order valence-electron chi connectivity index (χ1n) is 6.42. The number of β-amino-alcohol motifs (C(OH)–C–C–N with tert-alkyl or cyclic N) is 1. The van der Waals surface area contributed by atoms with Crippen molar-refractivity contribution in [1.82, 2.24) is 4.90 Å². The molecule has 1 aromatic carbocycles. The third kappa shape index (κ3) is 3.46. The number of nitrogens with zero attached hydrogens (tertiary/aromatic N) is 1. The van der Waals surface area contributed by atoms with Crippen LogP contribution in [0.15, 0.2) is 30.3 Å². The first-order chi connectivity index (χ1) is 9.61. The number of piperidine rings is 1. The zero-order valence-corrected chi connectivity index (χ0v) is 11.2. The van der Waals surface area contributed by atoms with Gasteiger partial charge < -0.3 is 19.5 Å². The van der Waals surface area contributed by atoms with Crippen molar-refractivity contribution in [3.05, 3.63) is 35.9 Å². The minimum Gasteiger partial charge on any atom is -0.445 e. The van der Waals surface area contributed by atoms with E-state index < -0.39 is 24.5 Å². The van der Waals surface area contributed by atoms with E-state index in [1.807, 2.05) is 30.3 Å². The molecule has 0 radical (unpaired) electrons. The molecular formula is C14H18FNO4. The molecule has 1 aliphatic heterocycles. The van der Waals surface area contributed by atoms with Crippen molar-refractivity contribution in [2.75, 3.05) is 20.2 Å². The van der Waals surface area contributed by atoms with Crippen molar-refractivity contribution < 1.29 is 23.8 Å². The Labute approximate surface area is 116 Å². The number of ether oxygens (including phenoxy) is 2. The third-order valence-electron chi connectivity index (χ3n) is 3.27. The highest BCUT2D eigenvalue weighted by atomic mass is 19.1. The molecule has 0 saturated carbocycles. The lowest BCUT2D eigenvalue weighted by atomic mass is 10.0. The smallest absolute Gasteiger partial charge is 0.410 e. The SMILES string of the molecule is COC1C(O)CN(C(=O)OCc2ccccc2)CC1F. The lowest BCUT2D eigenvalue weighted by molar-refractivity contribution is -0.0973. The third-order valence-corrected chi connectivity index (χ3v) is 3.27. The number of halogens is 1. The van der Waals surface area contributed by atoms with Gasteiger partial charge in [0.25, 0.3) is 0 Å². The standard InChI is InChI=1S/C14H18FNO4/c1-19-13-11(15)7-16(8-12(13)17)14(18)20-9-10-5-3-2-4-6-10/h2-6,11-13,17H,7-9H2,1H3. The fourth-order valence-electron chi connectivity index (χ4n) is 2.22. The molecular weight excluding hydrogens is 265 g/mol. The number of hydrogen-bond donors (Lipinski definition) is 1. The van der Waals surface area contributed by atoms with Crippen LogP contribution in [0.4, 0.5) is 9.18 Å². The normalized spacial score (nSPS) is 26.4. The van der Waals surface area contributed by atoms with Crippen LogP contribution in [0, 0.1) is 0 Å². The quantitative estimate of drug-likeness (QED) is 0.910. The van der Waals surface area contributed by atoms with Crippen LogP contribution in [-0.2, 0) is 16.1 Å². The predicted molar refractivity (Wildman–Crippen MR) is 69.9 cm³/mol. The monoisotopic (exact) mass is 283 g/mol. The average Bonchev–Trinajstić information content (AvgIpc) is 2.45. The van der Waals surface area contributed by atoms with Gasteiger partial charge in [-0.05, 0) is 5.56 Å². The van der Waals surface area contributed by atoms with E-state index in [2.05, 4.69) is 0 Å². The number of amides is 1. The Morgan fingerprint density at radius 3 is 2.70 bits per heavy atom. The molecule has 1 amide bonds. The van der Waals surface area contributed by atoms with Crippen molar-refractivity contribution in [3.8, 4) is 0 Å². The van der Waals surface area contributed by atoms with Crippen LogP contribution >= 0.6 is 0 Å². The van der Waals surface area contributed by atoms with E-state index in [0.717, 1.165) is 10.5 Å². The summed E-state index contributed by atoms with van der Waals surface area (Å²) in [5, 5.41) is 9.73. The maximum absolute atomic E-state index is 13.7. The molecule has 3 unspecified atom stereocenters. The van der Waals surface area contributed by atoms with Crippen molar-refractivity contribution in [2.24, 2.45) is 0 Å². The van der Waals surface area contributed by atoms with E-state index in [-0.39, 0.29) is 19.7 Å². The number of carbonyl (C=O) groups is 1. The van der Waals surface area contributed by atoms with Gasteiger partial charge in [0, 0.05) is 7.11 Å². The molecule has 6 heteroatoms. The first-order valence-corrected chi connectivity index (χ1v) is 6.42. The second kappa shape index (κ2) is 6.67. The molecule has 1 aliphatic rings. The van der Waals surface area contributed by atoms with Crippen molar-refractivity contribution >= 4 is 6.09 Å². The number of benzene rings is 1. The summed E-state index contributed by atoms with van der Waals surface area (Å²) in [5.41, 5.74) is 0.852. The van der Waals surface area contributed by atoms with E-state index >= 15 is 0 Å². The van der Waals surface area contributed by atoms with Crippen LogP contribution in [0.3, 0.4) is 0 Å². The topological polar surface area (TPSA) is 59.0 Å². The van der Waals surface area contributed by atoms with Gasteiger partial charge in [-0.2, -0.15) is 0 Å². The van der Waals surface area contributed by atoms with Gasteiger partial charge in [-0.3, -0.25) is 0 Å². The van der Waals surface area contributed by atoms with E-state index in [1.54, 1.807) is 0 Å². The second-order valence-corrected chi connectivity index (χ2v) is 4.73. The molecule has 1 heterocycles.